The number of halogens is 26. The van der Waals surface area contributed by atoms with Crippen LogP contribution in [0.25, 0.3) is 0 Å². The van der Waals surface area contributed by atoms with Gasteiger partial charge in [-0.1, -0.05) is 12.2 Å². The molecule has 0 saturated heterocycles. The molecule has 0 aromatic heterocycles. The molecule has 0 rings (SSSR count). The maximum Gasteiger partial charge on any atom is 0.381 e. The highest BCUT2D eigenvalue weighted by Gasteiger charge is 2.86. The average Bonchev–Trinajstić information content (AvgIpc) is 2.98. The van der Waals surface area contributed by atoms with E-state index < -0.39 is 122 Å². The van der Waals surface area contributed by atoms with Gasteiger partial charge in [0.25, 0.3) is 12.9 Å². The van der Waals surface area contributed by atoms with Gasteiger partial charge in [0, 0.05) is 0 Å². The fourth-order valence-corrected chi connectivity index (χ4v) is 3.27. The van der Waals surface area contributed by atoms with Crippen LogP contribution < -0.4 is 0 Å². The van der Waals surface area contributed by atoms with Gasteiger partial charge in [-0.2, -0.15) is 70.2 Å². The maximum absolute atomic E-state index is 14.5. The Balaban J connectivity index is 6.73. The van der Waals surface area contributed by atoms with E-state index in [4.69, 9.17) is 0 Å². The second-order valence-corrected chi connectivity index (χ2v) is 9.49. The van der Waals surface area contributed by atoms with E-state index in [-0.39, 0.29) is 0 Å². The molecule has 0 aromatic carbocycles. The van der Waals surface area contributed by atoms with Gasteiger partial charge in [0.1, 0.15) is 12.2 Å². The molecule has 0 aliphatic rings. The molecule has 8 unspecified atom stereocenters. The van der Waals surface area contributed by atoms with Gasteiger partial charge < -0.3 is 4.74 Å². The summed E-state index contributed by atoms with van der Waals surface area (Å²) in [5, 5.41) is 0. The largest absolute Gasteiger partial charge is 0.381 e. The summed E-state index contributed by atoms with van der Waals surface area (Å²) >= 11 is 0. The quantitative estimate of drug-likeness (QED) is 0.0883. The van der Waals surface area contributed by atoms with E-state index in [0.29, 0.717) is 0 Å². The Morgan fingerprint density at radius 3 is 0.694 bits per heavy atom. The minimum Gasteiger partial charge on any atom is -0.360 e. The van der Waals surface area contributed by atoms with Crippen LogP contribution in [0.15, 0.2) is 25.3 Å². The van der Waals surface area contributed by atoms with E-state index >= 15 is 0 Å². The van der Waals surface area contributed by atoms with Gasteiger partial charge in [-0.25, -0.2) is 43.9 Å². The lowest BCUT2D eigenvalue weighted by Crippen LogP contribution is -2.69. The van der Waals surface area contributed by atoms with Crippen molar-refractivity contribution in [1.82, 2.24) is 0 Å². The summed E-state index contributed by atoms with van der Waals surface area (Å²) in [7, 11) is 0. The lowest BCUT2D eigenvalue weighted by Gasteiger charge is -2.41. The third-order valence-electron chi connectivity index (χ3n) is 6.24. The van der Waals surface area contributed by atoms with E-state index in [1.165, 1.54) is 0 Å². The fraction of sp³-hybridized carbons (Fsp3) is 0.818. The molecule has 1 nitrogen and oxygen atoms in total. The molecule has 0 amide bonds. The summed E-state index contributed by atoms with van der Waals surface area (Å²) in [6.45, 7) is 4.43. The monoisotopic (exact) mass is 790 g/mol. The van der Waals surface area contributed by atoms with Crippen LogP contribution in [0, 0.1) is 0 Å². The van der Waals surface area contributed by atoms with E-state index in [9.17, 15) is 114 Å². The van der Waals surface area contributed by atoms with Crippen LogP contribution in [0.4, 0.5) is 114 Å². The van der Waals surface area contributed by atoms with Gasteiger partial charge in [0.05, 0.1) is 0 Å². The minimum atomic E-state index is -8.11. The summed E-state index contributed by atoms with van der Waals surface area (Å²) in [4.78, 5) is 0. The molecule has 0 aliphatic carbocycles. The van der Waals surface area contributed by atoms with Crippen molar-refractivity contribution < 1.29 is 119 Å². The molecule has 0 aliphatic heterocycles. The summed E-state index contributed by atoms with van der Waals surface area (Å²) < 4.78 is 356. The molecule has 0 radical (unpaired) electrons. The molecule has 0 fully saturated rings. The molecular formula is C22H16F26O. The van der Waals surface area contributed by atoms with Crippen molar-refractivity contribution in [3.05, 3.63) is 25.3 Å². The third kappa shape index (κ3) is 7.49. The van der Waals surface area contributed by atoms with Gasteiger partial charge in [-0.15, -0.1) is 13.2 Å². The number of hydrogen-bond donors (Lipinski definition) is 0. The second kappa shape index (κ2) is 14.7. The number of rotatable bonds is 20. The van der Waals surface area contributed by atoms with Crippen molar-refractivity contribution >= 4 is 0 Å². The summed E-state index contributed by atoms with van der Waals surface area (Å²) in [6, 6.07) is 0. The first-order chi connectivity index (χ1) is 21.5. The van der Waals surface area contributed by atoms with E-state index in [1.54, 1.807) is 0 Å². The van der Waals surface area contributed by atoms with Crippen LogP contribution in [-0.2, 0) is 4.74 Å². The normalized spacial score (nSPS) is 20.0. The first-order valence-electron chi connectivity index (χ1n) is 11.8. The fourth-order valence-electron chi connectivity index (χ4n) is 3.27. The first kappa shape index (κ1) is 46.6. The Morgan fingerprint density at radius 1 is 0.347 bits per heavy atom. The van der Waals surface area contributed by atoms with Gasteiger partial charge in [0.15, 0.2) is 24.7 Å². The summed E-state index contributed by atoms with van der Waals surface area (Å²) in [5.41, 5.74) is 0. The Labute approximate surface area is 254 Å². The van der Waals surface area contributed by atoms with Crippen LogP contribution >= 0.6 is 0 Å². The molecule has 292 valence electrons. The van der Waals surface area contributed by atoms with Crippen molar-refractivity contribution in [1.29, 1.82) is 0 Å². The van der Waals surface area contributed by atoms with E-state index in [1.807, 2.05) is 0 Å². The van der Waals surface area contributed by atoms with Crippen LogP contribution in [0.5, 0.6) is 0 Å². The smallest absolute Gasteiger partial charge is 0.360 e. The minimum absolute atomic E-state index is 0.807. The highest BCUT2D eigenvalue weighted by molar-refractivity contribution is 5.14. The lowest BCUT2D eigenvalue weighted by atomic mass is 9.89. The van der Waals surface area contributed by atoms with Crippen molar-refractivity contribution in [3.8, 4) is 0 Å². The lowest BCUT2D eigenvalue weighted by molar-refractivity contribution is -0.393. The SMILES string of the molecule is C=CC(OC(C=C)C(F)C(F)(F)C(F)(F)C(F)(F)C(F)(F)C(F)C(F)C(F)F)C(F)C(F)(F)C(F)(F)C(F)(F)C(F)(F)C(F)C(F)C(F)F. The third-order valence-corrected chi connectivity index (χ3v) is 6.24. The molecule has 27 heteroatoms. The predicted octanol–water partition coefficient (Wildman–Crippen LogP) is 9.75. The van der Waals surface area contributed by atoms with Crippen molar-refractivity contribution in [2.45, 2.75) is 109 Å². The topological polar surface area (TPSA) is 9.23 Å². The van der Waals surface area contributed by atoms with Crippen molar-refractivity contribution in [2.75, 3.05) is 0 Å². The Bertz CT molecular complexity index is 1020. The molecule has 0 spiro atoms. The Kier molecular flexibility index (Phi) is 14.0. The molecule has 0 bridgehead atoms. The van der Waals surface area contributed by atoms with Crippen LogP contribution in [-0.4, -0.2) is 109 Å². The van der Waals surface area contributed by atoms with Crippen molar-refractivity contribution in [3.63, 3.8) is 0 Å². The van der Waals surface area contributed by atoms with Crippen LogP contribution in [0.3, 0.4) is 0 Å². The number of alkyl halides is 26. The first-order valence-corrected chi connectivity index (χ1v) is 11.8. The molecule has 0 heterocycles. The van der Waals surface area contributed by atoms with Crippen molar-refractivity contribution in [2.24, 2.45) is 0 Å². The molecule has 0 saturated carbocycles. The van der Waals surface area contributed by atoms with Gasteiger partial charge in [-0.3, -0.25) is 0 Å². The maximum atomic E-state index is 14.5. The summed E-state index contributed by atoms with van der Waals surface area (Å²) in [5.74, 6) is -62.8. The molecule has 8 atom stereocenters. The standard InChI is InChI=1S/C22H16F26O/c1-3-5(9(25)15(33,34)19(41,42)21(45,46)17(37,38)11(27)7(23)13(29)30)49-6(4-2)10(26)16(35,36)20(43,44)22(47,48)18(39,40)12(28)8(24)14(31)32/h3-14H,1-2H2. The predicted molar refractivity (Wildman–Crippen MR) is 110 cm³/mol. The zero-order chi connectivity index (χ0) is 39.9. The zero-order valence-corrected chi connectivity index (χ0v) is 22.6. The molecule has 0 aromatic rings. The molecule has 0 N–H and O–H groups in total. The van der Waals surface area contributed by atoms with Gasteiger partial charge in [-0.05, 0) is 0 Å². The zero-order valence-electron chi connectivity index (χ0n) is 22.6. The summed E-state index contributed by atoms with van der Waals surface area (Å²) in [6.07, 6.45) is -52.8. The van der Waals surface area contributed by atoms with Crippen LogP contribution in [0.2, 0.25) is 0 Å². The highest BCUT2D eigenvalue weighted by Crippen LogP contribution is 2.58. The van der Waals surface area contributed by atoms with Gasteiger partial charge in [0.2, 0.25) is 12.3 Å². The highest BCUT2D eigenvalue weighted by atomic mass is 19.4. The second-order valence-electron chi connectivity index (χ2n) is 9.49. The van der Waals surface area contributed by atoms with Gasteiger partial charge >= 0.3 is 47.4 Å². The molecule has 49 heavy (non-hydrogen) atoms. The Morgan fingerprint density at radius 2 is 0.531 bits per heavy atom. The van der Waals surface area contributed by atoms with E-state index in [2.05, 4.69) is 17.9 Å². The van der Waals surface area contributed by atoms with Crippen LogP contribution in [0.1, 0.15) is 0 Å². The van der Waals surface area contributed by atoms with E-state index in [0.717, 1.165) is 0 Å². The molecular weight excluding hydrogens is 774 g/mol. The number of hydrogen-bond acceptors (Lipinski definition) is 1. The number of ether oxygens (including phenoxy) is 1. The average molecular weight is 790 g/mol. The Hall–Kier alpha value is -2.38.